The average Bonchev–Trinajstić information content (AvgIpc) is 2.52. The molecular formula is C15H18N4O2. The van der Waals surface area contributed by atoms with Gasteiger partial charge >= 0.3 is 5.69 Å². The van der Waals surface area contributed by atoms with Crippen LogP contribution in [0.4, 0.5) is 5.69 Å². The Morgan fingerprint density at radius 2 is 1.90 bits per heavy atom. The van der Waals surface area contributed by atoms with E-state index in [1.807, 2.05) is 18.2 Å². The molecule has 2 rings (SSSR count). The average molecular weight is 286 g/mol. The second-order valence-corrected chi connectivity index (χ2v) is 4.74. The van der Waals surface area contributed by atoms with E-state index in [1.54, 1.807) is 0 Å². The van der Waals surface area contributed by atoms with Crippen LogP contribution in [0.1, 0.15) is 30.8 Å². The van der Waals surface area contributed by atoms with Crippen LogP contribution in [-0.2, 0) is 6.42 Å². The van der Waals surface area contributed by atoms with Gasteiger partial charge in [0.05, 0.1) is 4.92 Å². The van der Waals surface area contributed by atoms with Gasteiger partial charge in [-0.3, -0.25) is 10.1 Å². The highest BCUT2D eigenvalue weighted by Crippen LogP contribution is 2.17. The van der Waals surface area contributed by atoms with E-state index in [9.17, 15) is 10.1 Å². The normalized spacial score (nSPS) is 12.0. The largest absolute Gasteiger partial charge is 0.310 e. The molecule has 6 nitrogen and oxygen atoms in total. The molecule has 1 aromatic heterocycles. The fraction of sp³-hybridized carbons (Fsp3) is 0.333. The molecule has 6 heteroatoms. The summed E-state index contributed by atoms with van der Waals surface area (Å²) in [5, 5.41) is 14.1. The van der Waals surface area contributed by atoms with Crippen LogP contribution in [0.2, 0.25) is 0 Å². The summed E-state index contributed by atoms with van der Waals surface area (Å²) in [6, 6.07) is 10.2. The second kappa shape index (κ2) is 7.44. The van der Waals surface area contributed by atoms with Crippen LogP contribution in [0.3, 0.4) is 0 Å². The molecule has 0 aliphatic rings. The van der Waals surface area contributed by atoms with Gasteiger partial charge in [-0.25, -0.2) is 9.97 Å². The Morgan fingerprint density at radius 1 is 1.24 bits per heavy atom. The Hall–Kier alpha value is -2.34. The molecule has 21 heavy (non-hydrogen) atoms. The summed E-state index contributed by atoms with van der Waals surface area (Å²) in [4.78, 5) is 18.3. The predicted molar refractivity (Wildman–Crippen MR) is 79.9 cm³/mol. The van der Waals surface area contributed by atoms with E-state index in [-0.39, 0.29) is 11.7 Å². The van der Waals surface area contributed by atoms with E-state index in [1.165, 1.54) is 12.4 Å². The topological polar surface area (TPSA) is 81.0 Å². The summed E-state index contributed by atoms with van der Waals surface area (Å²) in [6.07, 6.45) is 4.14. The Labute approximate surface area is 123 Å². The molecule has 1 aromatic carbocycles. The number of nitrogens with zero attached hydrogens (tertiary/aromatic N) is 3. The molecule has 1 unspecified atom stereocenters. The van der Waals surface area contributed by atoms with E-state index in [0.29, 0.717) is 12.2 Å². The summed E-state index contributed by atoms with van der Waals surface area (Å²) < 4.78 is 0. The number of nitrogens with one attached hydrogen (secondary N) is 1. The van der Waals surface area contributed by atoms with E-state index >= 15 is 0 Å². The van der Waals surface area contributed by atoms with Crippen molar-refractivity contribution >= 4 is 5.69 Å². The zero-order chi connectivity index (χ0) is 15.1. The molecule has 2 aromatic rings. The Bertz CT molecular complexity index is 572. The van der Waals surface area contributed by atoms with Gasteiger partial charge in [0.1, 0.15) is 18.2 Å². The van der Waals surface area contributed by atoms with Gasteiger partial charge in [-0.2, -0.15) is 0 Å². The van der Waals surface area contributed by atoms with Crippen molar-refractivity contribution in [2.75, 3.05) is 6.54 Å². The fourth-order valence-corrected chi connectivity index (χ4v) is 2.04. The quantitative estimate of drug-likeness (QED) is 0.625. The molecule has 1 heterocycles. The van der Waals surface area contributed by atoms with Crippen molar-refractivity contribution in [3.63, 3.8) is 0 Å². The molecule has 1 N–H and O–H groups in total. The van der Waals surface area contributed by atoms with Gasteiger partial charge in [-0.15, -0.1) is 0 Å². The molecule has 0 bridgehead atoms. The zero-order valence-electron chi connectivity index (χ0n) is 11.9. The Kier molecular flexibility index (Phi) is 5.34. The first kappa shape index (κ1) is 15.1. The van der Waals surface area contributed by atoms with Crippen molar-refractivity contribution in [3.8, 4) is 0 Å². The van der Waals surface area contributed by atoms with Gasteiger partial charge < -0.3 is 5.32 Å². The molecule has 1 atom stereocenters. The minimum absolute atomic E-state index is 0.0865. The highest BCUT2D eigenvalue weighted by atomic mass is 16.6. The molecule has 0 radical (unpaired) electrons. The van der Waals surface area contributed by atoms with Gasteiger partial charge in [0.25, 0.3) is 0 Å². The van der Waals surface area contributed by atoms with Crippen LogP contribution in [0.15, 0.2) is 42.7 Å². The van der Waals surface area contributed by atoms with Crippen LogP contribution in [0, 0.1) is 10.1 Å². The van der Waals surface area contributed by atoms with E-state index < -0.39 is 4.92 Å². The van der Waals surface area contributed by atoms with Gasteiger partial charge in [-0.1, -0.05) is 37.3 Å². The third-order valence-corrected chi connectivity index (χ3v) is 3.13. The van der Waals surface area contributed by atoms with Gasteiger partial charge in [0.15, 0.2) is 0 Å². The van der Waals surface area contributed by atoms with Crippen LogP contribution in [-0.4, -0.2) is 21.4 Å². The van der Waals surface area contributed by atoms with Crippen molar-refractivity contribution in [2.24, 2.45) is 0 Å². The summed E-state index contributed by atoms with van der Waals surface area (Å²) in [6.45, 7) is 3.00. The SMILES string of the molecule is CCCNC(Cc1ncc([N+](=O)[O-])cn1)c1ccccc1. The third kappa shape index (κ3) is 4.32. The van der Waals surface area contributed by atoms with E-state index in [0.717, 1.165) is 18.5 Å². The molecule has 0 spiro atoms. The molecule has 0 aliphatic carbocycles. The lowest BCUT2D eigenvalue weighted by atomic mass is 10.0. The van der Waals surface area contributed by atoms with Crippen LogP contribution >= 0.6 is 0 Å². The van der Waals surface area contributed by atoms with Gasteiger partial charge in [0, 0.05) is 12.5 Å². The first-order valence-corrected chi connectivity index (χ1v) is 6.94. The van der Waals surface area contributed by atoms with Crippen LogP contribution in [0.5, 0.6) is 0 Å². The number of nitro groups is 1. The summed E-state index contributed by atoms with van der Waals surface area (Å²) >= 11 is 0. The van der Waals surface area contributed by atoms with Gasteiger partial charge in [-0.05, 0) is 18.5 Å². The third-order valence-electron chi connectivity index (χ3n) is 3.13. The second-order valence-electron chi connectivity index (χ2n) is 4.74. The lowest BCUT2D eigenvalue weighted by Gasteiger charge is -2.18. The number of benzene rings is 1. The lowest BCUT2D eigenvalue weighted by molar-refractivity contribution is -0.385. The fourth-order valence-electron chi connectivity index (χ4n) is 2.04. The zero-order valence-corrected chi connectivity index (χ0v) is 11.9. The van der Waals surface area contributed by atoms with Crippen molar-refractivity contribution in [1.29, 1.82) is 0 Å². The Morgan fingerprint density at radius 3 is 2.48 bits per heavy atom. The number of hydrogen-bond acceptors (Lipinski definition) is 5. The number of rotatable bonds is 7. The minimum atomic E-state index is -0.492. The minimum Gasteiger partial charge on any atom is -0.310 e. The van der Waals surface area contributed by atoms with Crippen molar-refractivity contribution in [3.05, 3.63) is 64.2 Å². The highest BCUT2D eigenvalue weighted by molar-refractivity contribution is 5.23. The van der Waals surface area contributed by atoms with Crippen molar-refractivity contribution in [1.82, 2.24) is 15.3 Å². The first-order valence-electron chi connectivity index (χ1n) is 6.94. The maximum atomic E-state index is 10.6. The molecule has 110 valence electrons. The molecule has 0 amide bonds. The molecule has 0 fully saturated rings. The first-order chi connectivity index (χ1) is 10.2. The van der Waals surface area contributed by atoms with Crippen molar-refractivity contribution < 1.29 is 4.92 Å². The lowest BCUT2D eigenvalue weighted by Crippen LogP contribution is -2.24. The highest BCUT2D eigenvalue weighted by Gasteiger charge is 2.14. The monoisotopic (exact) mass is 286 g/mol. The Balaban J connectivity index is 2.12. The van der Waals surface area contributed by atoms with E-state index in [2.05, 4.69) is 34.3 Å². The summed E-state index contributed by atoms with van der Waals surface area (Å²) in [5.74, 6) is 0.595. The maximum absolute atomic E-state index is 10.6. The van der Waals surface area contributed by atoms with Crippen molar-refractivity contribution in [2.45, 2.75) is 25.8 Å². The summed E-state index contributed by atoms with van der Waals surface area (Å²) in [7, 11) is 0. The van der Waals surface area contributed by atoms with Gasteiger partial charge in [0.2, 0.25) is 0 Å². The smallest absolute Gasteiger partial charge is 0.305 e. The number of hydrogen-bond donors (Lipinski definition) is 1. The molecule has 0 saturated carbocycles. The summed E-state index contributed by atoms with van der Waals surface area (Å²) in [5.41, 5.74) is 1.07. The molecule has 0 saturated heterocycles. The number of aromatic nitrogens is 2. The predicted octanol–water partition coefficient (Wildman–Crippen LogP) is 2.67. The standard InChI is InChI=1S/C15H18N4O2/c1-2-8-16-14(12-6-4-3-5-7-12)9-15-17-10-13(11-18-15)19(20)21/h3-7,10-11,14,16H,2,8-9H2,1H3. The molecule has 0 aliphatic heterocycles. The van der Waals surface area contributed by atoms with Crippen LogP contribution < -0.4 is 5.32 Å². The van der Waals surface area contributed by atoms with E-state index in [4.69, 9.17) is 0 Å². The maximum Gasteiger partial charge on any atom is 0.305 e. The molecular weight excluding hydrogens is 268 g/mol. The van der Waals surface area contributed by atoms with Crippen LogP contribution in [0.25, 0.3) is 0 Å².